The normalized spacial score (nSPS) is 15.6. The Morgan fingerprint density at radius 3 is 2.22 bits per heavy atom. The van der Waals surface area contributed by atoms with Crippen LogP contribution in [0, 0.1) is 0 Å². The second kappa shape index (κ2) is 16.8. The van der Waals surface area contributed by atoms with Gasteiger partial charge in [0.2, 0.25) is 0 Å². The predicted molar refractivity (Wildman–Crippen MR) is 192 cm³/mol. The number of anilines is 1. The smallest absolute Gasteiger partial charge is 0.262 e. The van der Waals surface area contributed by atoms with Crippen LogP contribution in [0.25, 0.3) is 10.9 Å². The molecule has 7 nitrogen and oxygen atoms in total. The molecule has 0 aliphatic carbocycles. The Bertz CT molecular complexity index is 1620. The van der Waals surface area contributed by atoms with Gasteiger partial charge < -0.3 is 9.80 Å². The number of hydrogen-bond donors (Lipinski definition) is 0. The molecule has 0 N–H and O–H groups in total. The van der Waals surface area contributed by atoms with Gasteiger partial charge in [-0.1, -0.05) is 61.5 Å². The summed E-state index contributed by atoms with van der Waals surface area (Å²) in [4.78, 5) is 40.7. The number of hydrogen-bond acceptors (Lipinski definition) is 7. The van der Waals surface area contributed by atoms with Crippen LogP contribution < -0.4 is 10.5 Å². The van der Waals surface area contributed by atoms with E-state index < -0.39 is 0 Å². The molecule has 2 aromatic heterocycles. The maximum atomic E-state index is 13.2. The lowest BCUT2D eigenvalue weighted by Crippen LogP contribution is -2.46. The van der Waals surface area contributed by atoms with Crippen LogP contribution in [0.2, 0.25) is 0 Å². The van der Waals surface area contributed by atoms with Gasteiger partial charge in [0.05, 0.1) is 10.9 Å². The number of carbonyl (C=O) groups excluding carboxylic acids is 1. The monoisotopic (exact) mass is 689 g/mol. The maximum Gasteiger partial charge on any atom is 0.262 e. The van der Waals surface area contributed by atoms with Crippen LogP contribution in [0.5, 0.6) is 0 Å². The van der Waals surface area contributed by atoms with Gasteiger partial charge in [0.15, 0.2) is 10.9 Å². The Labute approximate surface area is 288 Å². The fraction of sp³-hybridized carbons (Fsp3) is 0.412. The van der Waals surface area contributed by atoms with Crippen molar-refractivity contribution in [3.05, 3.63) is 93.4 Å². The molecular formula is C34H42Cl3N5O2S. The number of piperidine rings is 2. The molecule has 2 fully saturated rings. The Hall–Kier alpha value is -2.62. The molecule has 6 rings (SSSR count). The molecule has 2 aliphatic heterocycles. The molecule has 0 saturated carbocycles. The number of ketones is 1. The van der Waals surface area contributed by atoms with E-state index in [1.54, 1.807) is 17.8 Å². The van der Waals surface area contributed by atoms with Gasteiger partial charge in [-0.05, 0) is 74.5 Å². The number of carbonyl (C=O) groups is 1. The molecule has 2 aliphatic rings. The lowest BCUT2D eigenvalue weighted by molar-refractivity contribution is 0.103. The molecule has 2 saturated heterocycles. The fourth-order valence-corrected chi connectivity index (χ4v) is 7.23. The molecule has 242 valence electrons. The van der Waals surface area contributed by atoms with Crippen LogP contribution in [0.15, 0.2) is 70.7 Å². The quantitative estimate of drug-likeness (QED) is 0.111. The van der Waals surface area contributed by atoms with Gasteiger partial charge in [0.25, 0.3) is 5.56 Å². The highest BCUT2D eigenvalue weighted by molar-refractivity contribution is 7.98. The number of fused-ring (bicyclic) bond motifs is 1. The first kappa shape index (κ1) is 36.8. The second-order valence-electron chi connectivity index (χ2n) is 11.5. The first-order valence-electron chi connectivity index (χ1n) is 15.2. The Morgan fingerprint density at radius 1 is 0.889 bits per heavy atom. The number of likely N-dealkylation sites (tertiary alicyclic amines) is 1. The van der Waals surface area contributed by atoms with Crippen molar-refractivity contribution in [2.75, 3.05) is 31.1 Å². The highest BCUT2D eigenvalue weighted by atomic mass is 35.5. The Morgan fingerprint density at radius 2 is 1.58 bits per heavy atom. The SMILES string of the molecule is CCc1cccc2nc(SCc3ccc(C(=O)c4ccc(N5CCC(N6CCCCC6)CC5)nc4)cc3)n(C)c(=O)c12.Cl.Cl.Cl. The molecule has 0 amide bonds. The van der Waals surface area contributed by atoms with Crippen LogP contribution >= 0.6 is 49.0 Å². The zero-order chi connectivity index (χ0) is 29.1. The van der Waals surface area contributed by atoms with Crippen molar-refractivity contribution < 1.29 is 4.79 Å². The molecular weight excluding hydrogens is 649 g/mol. The molecule has 2 aromatic carbocycles. The summed E-state index contributed by atoms with van der Waals surface area (Å²) in [7, 11) is 1.78. The third-order valence-electron chi connectivity index (χ3n) is 8.82. The van der Waals surface area contributed by atoms with Crippen LogP contribution in [-0.4, -0.2) is 57.4 Å². The Kier molecular flexibility index (Phi) is 13.8. The van der Waals surface area contributed by atoms with Gasteiger partial charge in [0.1, 0.15) is 5.82 Å². The first-order chi connectivity index (χ1) is 20.5. The van der Waals surface area contributed by atoms with Gasteiger partial charge in [-0.2, -0.15) is 0 Å². The minimum Gasteiger partial charge on any atom is -0.357 e. The third-order valence-corrected chi connectivity index (χ3v) is 9.92. The molecule has 0 radical (unpaired) electrons. The minimum absolute atomic E-state index is 0. The number of aromatic nitrogens is 3. The van der Waals surface area contributed by atoms with Gasteiger partial charge in [-0.25, -0.2) is 9.97 Å². The predicted octanol–water partition coefficient (Wildman–Crippen LogP) is 7.13. The van der Waals surface area contributed by atoms with Crippen LogP contribution in [-0.2, 0) is 19.2 Å². The number of benzene rings is 2. The van der Waals surface area contributed by atoms with Crippen molar-refractivity contribution in [3.63, 3.8) is 0 Å². The number of pyridine rings is 1. The number of halogens is 3. The van der Waals surface area contributed by atoms with E-state index in [0.717, 1.165) is 42.0 Å². The van der Waals surface area contributed by atoms with Crippen molar-refractivity contribution in [1.82, 2.24) is 19.4 Å². The summed E-state index contributed by atoms with van der Waals surface area (Å²) in [5, 5.41) is 1.39. The zero-order valence-electron chi connectivity index (χ0n) is 25.8. The summed E-state index contributed by atoms with van der Waals surface area (Å²) in [5.41, 5.74) is 4.06. The molecule has 4 heterocycles. The molecule has 0 unspecified atom stereocenters. The van der Waals surface area contributed by atoms with Crippen LogP contribution in [0.1, 0.15) is 66.1 Å². The van der Waals surface area contributed by atoms with E-state index in [9.17, 15) is 9.59 Å². The summed E-state index contributed by atoms with van der Waals surface area (Å²) >= 11 is 1.53. The molecule has 0 atom stereocenters. The Balaban J connectivity index is 0.00000184. The first-order valence-corrected chi connectivity index (χ1v) is 16.2. The van der Waals surface area contributed by atoms with E-state index in [-0.39, 0.29) is 48.6 Å². The lowest BCUT2D eigenvalue weighted by Gasteiger charge is -2.40. The number of nitrogens with zero attached hydrogens (tertiary/aromatic N) is 5. The summed E-state index contributed by atoms with van der Waals surface area (Å²) in [6, 6.07) is 18.1. The molecule has 0 spiro atoms. The van der Waals surface area contributed by atoms with Crippen LogP contribution in [0.3, 0.4) is 0 Å². The molecule has 11 heteroatoms. The summed E-state index contributed by atoms with van der Waals surface area (Å²) in [6.45, 7) is 6.59. The van der Waals surface area contributed by atoms with E-state index in [2.05, 4.69) is 21.7 Å². The topological polar surface area (TPSA) is 71.3 Å². The largest absolute Gasteiger partial charge is 0.357 e. The highest BCUT2D eigenvalue weighted by Gasteiger charge is 2.26. The lowest BCUT2D eigenvalue weighted by atomic mass is 10.00. The van der Waals surface area contributed by atoms with Gasteiger partial charge in [0, 0.05) is 49.3 Å². The number of aryl methyl sites for hydroxylation is 1. The number of rotatable bonds is 8. The van der Waals surface area contributed by atoms with Crippen molar-refractivity contribution in [2.24, 2.45) is 7.05 Å². The van der Waals surface area contributed by atoms with Gasteiger partial charge in [-0.15, -0.1) is 37.2 Å². The number of thioether (sulfide) groups is 1. The maximum absolute atomic E-state index is 13.2. The van der Waals surface area contributed by atoms with Crippen molar-refractivity contribution >= 4 is 71.5 Å². The highest BCUT2D eigenvalue weighted by Crippen LogP contribution is 2.26. The second-order valence-corrected chi connectivity index (χ2v) is 12.4. The standard InChI is InChI=1S/C34H39N5O2S.3ClH/c1-3-25-8-7-9-29-31(25)33(41)37(2)34(36-29)42-23-24-10-12-26(13-11-24)32(40)27-14-15-30(35-22-27)39-20-16-28(17-21-39)38-18-5-4-6-19-38;;;/h7-15,22,28H,3-6,16-21,23H2,1-2H3;3*1H. The zero-order valence-corrected chi connectivity index (χ0v) is 29.1. The van der Waals surface area contributed by atoms with Crippen molar-refractivity contribution in [2.45, 2.75) is 62.4 Å². The summed E-state index contributed by atoms with van der Waals surface area (Å²) in [5.74, 6) is 1.58. The van der Waals surface area contributed by atoms with E-state index >= 15 is 0 Å². The molecule has 4 aromatic rings. The molecule has 45 heavy (non-hydrogen) atoms. The van der Waals surface area contributed by atoms with Crippen molar-refractivity contribution in [1.29, 1.82) is 0 Å². The van der Waals surface area contributed by atoms with Crippen LogP contribution in [0.4, 0.5) is 5.82 Å². The fourth-order valence-electron chi connectivity index (χ4n) is 6.30. The van der Waals surface area contributed by atoms with Gasteiger partial charge >= 0.3 is 0 Å². The third kappa shape index (κ3) is 8.22. The summed E-state index contributed by atoms with van der Waals surface area (Å²) in [6.07, 6.45) is 8.92. The van der Waals surface area contributed by atoms with E-state index in [1.165, 1.54) is 57.0 Å². The molecule has 0 bridgehead atoms. The average molecular weight is 691 g/mol. The van der Waals surface area contributed by atoms with Crippen molar-refractivity contribution in [3.8, 4) is 0 Å². The van der Waals surface area contributed by atoms with Gasteiger partial charge in [-0.3, -0.25) is 14.2 Å². The summed E-state index contributed by atoms with van der Waals surface area (Å²) < 4.78 is 1.64. The minimum atomic E-state index is -0.0256. The average Bonchev–Trinajstić information content (AvgIpc) is 3.06. The van der Waals surface area contributed by atoms with E-state index in [4.69, 9.17) is 4.98 Å². The van der Waals surface area contributed by atoms with E-state index in [0.29, 0.717) is 33.5 Å². The van der Waals surface area contributed by atoms with E-state index in [1.807, 2.05) is 54.6 Å².